The van der Waals surface area contributed by atoms with Crippen LogP contribution in [-0.4, -0.2) is 45.7 Å². The molecule has 25 aromatic rings. The van der Waals surface area contributed by atoms with Gasteiger partial charge >= 0.3 is 0 Å². The zero-order valence-corrected chi connectivity index (χ0v) is 72.4. The maximum absolute atomic E-state index is 13.0. The summed E-state index contributed by atoms with van der Waals surface area (Å²) in [6.45, 7) is 0. The molecule has 0 N–H and O–H groups in total. The molecule has 0 radical (unpaired) electrons. The number of rotatable bonds is 0. The molecule has 0 saturated heterocycles. The van der Waals surface area contributed by atoms with Gasteiger partial charge in [-0.05, 0) is 182 Å². The number of para-hydroxylation sites is 10. The van der Waals surface area contributed by atoms with E-state index in [2.05, 4.69) is 0 Å². The van der Waals surface area contributed by atoms with Crippen LogP contribution in [0.3, 0.4) is 0 Å². The zero-order chi connectivity index (χ0) is 90.0. The van der Waals surface area contributed by atoms with E-state index in [1.54, 1.807) is 0 Å². The van der Waals surface area contributed by atoms with Gasteiger partial charge in [0.25, 0.3) is 0 Å². The van der Waals surface area contributed by atoms with Gasteiger partial charge in [-0.15, -0.1) is 0 Å². The number of benzene rings is 15. The van der Waals surface area contributed by atoms with E-state index >= 15 is 0 Å². The summed E-state index contributed by atoms with van der Waals surface area (Å²) in [5.41, 5.74) is 16.3. The molecule has 0 fully saturated rings. The zero-order valence-electron chi connectivity index (χ0n) is 72.4. The number of hydrogen-bond acceptors (Lipinski definition) is 10. The highest BCUT2D eigenvalue weighted by Gasteiger charge is 2.22. The minimum absolute atomic E-state index is 0.00351. The summed E-state index contributed by atoms with van der Waals surface area (Å²) in [5, 5.41) is 13.2. The van der Waals surface area contributed by atoms with Gasteiger partial charge in [-0.25, -0.2) is 0 Å². The van der Waals surface area contributed by atoms with Crippen molar-refractivity contribution in [2.24, 2.45) is 70.5 Å². The maximum Gasteiger partial charge on any atom is 0.197 e. The summed E-state index contributed by atoms with van der Waals surface area (Å²) in [7, 11) is 19.3. The first-order chi connectivity index (χ1) is 62.9. The van der Waals surface area contributed by atoms with Crippen molar-refractivity contribution in [3.63, 3.8) is 0 Å². The Bertz CT molecular complexity index is 8210. The molecular weight excluding hydrogens is 1620 g/mol. The Morgan fingerprint density at radius 3 is 0.269 bits per heavy atom. The summed E-state index contributed by atoms with van der Waals surface area (Å²) in [6, 6.07) is 94.2. The second-order valence-electron chi connectivity index (χ2n) is 33.5. The average molecular weight is 1700 g/mol. The van der Waals surface area contributed by atoms with Crippen LogP contribution in [0.4, 0.5) is 0 Å². The Balaban J connectivity index is 0.0000000983. The van der Waals surface area contributed by atoms with Gasteiger partial charge in [0.1, 0.15) is 0 Å². The van der Waals surface area contributed by atoms with Crippen molar-refractivity contribution in [3.05, 3.63) is 406 Å². The summed E-state index contributed by atoms with van der Waals surface area (Å²) in [6.07, 6.45) is 0. The minimum atomic E-state index is -0.00351. The number of fused-ring (bicyclic) bond motifs is 20. The molecule has 130 heavy (non-hydrogen) atoms. The molecule has 0 aliphatic heterocycles. The molecule has 10 aromatic heterocycles. The molecule has 0 unspecified atom stereocenters. The first-order valence-corrected chi connectivity index (χ1v) is 42.5. The second-order valence-corrected chi connectivity index (χ2v) is 33.5. The topological polar surface area (TPSA) is 220 Å². The van der Waals surface area contributed by atoms with Gasteiger partial charge in [-0.3, -0.25) is 47.9 Å². The fourth-order valence-corrected chi connectivity index (χ4v) is 19.8. The van der Waals surface area contributed by atoms with Crippen molar-refractivity contribution in [1.29, 1.82) is 0 Å². The summed E-state index contributed by atoms with van der Waals surface area (Å²) in [4.78, 5) is 130. The first-order valence-electron chi connectivity index (χ1n) is 42.5. The summed E-state index contributed by atoms with van der Waals surface area (Å²) >= 11 is 0. The predicted molar refractivity (Wildman–Crippen MR) is 535 cm³/mol. The number of aromatic nitrogens is 10. The predicted octanol–water partition coefficient (Wildman–Crippen LogP) is 18.5. The van der Waals surface area contributed by atoms with E-state index in [0.717, 1.165) is 110 Å². The lowest BCUT2D eigenvalue weighted by Gasteiger charge is -2.14. The molecule has 0 saturated carbocycles. The molecule has 10 heterocycles. The number of hydrogen-bond donors (Lipinski definition) is 0. The summed E-state index contributed by atoms with van der Waals surface area (Å²) in [5.74, 6) is 0. The van der Waals surface area contributed by atoms with E-state index in [-0.39, 0.29) is 54.3 Å². The van der Waals surface area contributed by atoms with Crippen molar-refractivity contribution in [2.45, 2.75) is 0 Å². The van der Waals surface area contributed by atoms with Crippen LogP contribution in [0.25, 0.3) is 218 Å². The van der Waals surface area contributed by atoms with E-state index in [1.165, 1.54) is 0 Å². The van der Waals surface area contributed by atoms with Gasteiger partial charge in [0.05, 0.1) is 110 Å². The van der Waals surface area contributed by atoms with Crippen LogP contribution >= 0.6 is 0 Å². The van der Waals surface area contributed by atoms with E-state index in [4.69, 9.17) is 0 Å². The van der Waals surface area contributed by atoms with Crippen LogP contribution in [-0.2, 0) is 70.5 Å². The monoisotopic (exact) mass is 1700 g/mol. The molecular formula is C110H80N10O10. The summed E-state index contributed by atoms with van der Waals surface area (Å²) < 4.78 is 19.9. The van der Waals surface area contributed by atoms with Crippen molar-refractivity contribution >= 4 is 218 Å². The van der Waals surface area contributed by atoms with Gasteiger partial charge in [0, 0.05) is 178 Å². The highest BCUT2D eigenvalue weighted by Crippen LogP contribution is 2.33. The largest absolute Gasteiger partial charge is 0.343 e. The van der Waals surface area contributed by atoms with Crippen LogP contribution in [0, 0.1) is 0 Å². The van der Waals surface area contributed by atoms with Crippen molar-refractivity contribution < 1.29 is 0 Å². The third-order valence-corrected chi connectivity index (χ3v) is 26.7. The Kier molecular flexibility index (Phi) is 18.7. The molecule has 0 atom stereocenters. The average Bonchev–Trinajstić information content (AvgIpc) is 0.745. The normalized spacial score (nSPS) is 11.8. The van der Waals surface area contributed by atoms with Gasteiger partial charge in [-0.1, -0.05) is 121 Å². The minimum Gasteiger partial charge on any atom is -0.343 e. The molecule has 0 aliphatic carbocycles. The van der Waals surface area contributed by atoms with Crippen molar-refractivity contribution in [3.8, 4) is 0 Å². The molecule has 0 amide bonds. The fraction of sp³-hybridized carbons (Fsp3) is 0.0909. The van der Waals surface area contributed by atoms with Gasteiger partial charge in [-0.2, -0.15) is 0 Å². The highest BCUT2D eigenvalue weighted by atomic mass is 16.1. The van der Waals surface area contributed by atoms with Gasteiger partial charge < -0.3 is 45.7 Å². The van der Waals surface area contributed by atoms with Gasteiger partial charge in [0.2, 0.25) is 0 Å². The number of pyridine rings is 10. The molecule has 20 nitrogen and oxygen atoms in total. The maximum atomic E-state index is 13.0. The molecule has 0 aliphatic rings. The Morgan fingerprint density at radius 2 is 0.185 bits per heavy atom. The third kappa shape index (κ3) is 12.1. The Hall–Kier alpha value is -17.0. The Labute approximate surface area is 735 Å². The smallest absolute Gasteiger partial charge is 0.197 e. The third-order valence-electron chi connectivity index (χ3n) is 26.7. The molecule has 0 spiro atoms. The molecule has 0 bridgehead atoms. The van der Waals surface area contributed by atoms with Crippen LogP contribution in [0.15, 0.2) is 351 Å². The van der Waals surface area contributed by atoms with E-state index in [1.807, 2.05) is 419 Å². The fourth-order valence-electron chi connectivity index (χ4n) is 19.8. The number of nitrogens with zero attached hydrogens (tertiary/aromatic N) is 10. The Morgan fingerprint density at radius 1 is 0.108 bits per heavy atom. The molecule has 630 valence electrons. The van der Waals surface area contributed by atoms with E-state index in [9.17, 15) is 47.9 Å². The van der Waals surface area contributed by atoms with Crippen LogP contribution in [0.5, 0.6) is 0 Å². The molecule has 20 heteroatoms. The standard InChI is InChI=1S/5C22H16N2O2/c5*1-23-17-9-5-3-7-13(17)21(25)15-12-20-16(11-19(15)23)22(26)14-8-4-6-10-18(14)24(20)2/h5*3-12H,1-2H3. The SMILES string of the molecule is Cn1c2ccccc2c(=O)c2cc3c(cc21)c(=O)c1ccccc1n3C.Cn1c2ccccc2c(=O)c2cc3c(cc21)c(=O)c1ccccc1n3C.Cn1c2ccccc2c(=O)c2cc3c(cc21)c(=O)c1ccccc1n3C.Cn1c2ccccc2c(=O)c2cc3c(cc21)c(=O)c1ccccc1n3C.Cn1c2ccccc2c(=O)c2cc3c(cc21)c(=O)c1ccccc1n3C. The van der Waals surface area contributed by atoms with E-state index < -0.39 is 0 Å². The van der Waals surface area contributed by atoms with Crippen LogP contribution in [0.1, 0.15) is 0 Å². The van der Waals surface area contributed by atoms with Crippen LogP contribution < -0.4 is 54.3 Å². The lowest BCUT2D eigenvalue weighted by atomic mass is 10.0. The van der Waals surface area contributed by atoms with Gasteiger partial charge in [0.15, 0.2) is 54.3 Å². The lowest BCUT2D eigenvalue weighted by molar-refractivity contribution is 0.994. The lowest BCUT2D eigenvalue weighted by Crippen LogP contribution is -2.13. The quantitative estimate of drug-likeness (QED) is 0.131. The molecule has 15 aromatic carbocycles. The van der Waals surface area contributed by atoms with Crippen LogP contribution in [0.2, 0.25) is 0 Å². The first kappa shape index (κ1) is 80.1. The highest BCUT2D eigenvalue weighted by molar-refractivity contribution is 6.10. The second kappa shape index (κ2) is 30.4. The van der Waals surface area contributed by atoms with Crippen molar-refractivity contribution in [1.82, 2.24) is 45.7 Å². The number of aryl methyl sites for hydroxylation is 10. The molecule has 25 rings (SSSR count). The van der Waals surface area contributed by atoms with Crippen molar-refractivity contribution in [2.75, 3.05) is 0 Å². The van der Waals surface area contributed by atoms with E-state index in [0.29, 0.717) is 108 Å².